The van der Waals surface area contributed by atoms with Crippen molar-refractivity contribution in [3.63, 3.8) is 0 Å². The van der Waals surface area contributed by atoms with Crippen molar-refractivity contribution in [1.29, 1.82) is 0 Å². The Kier molecular flexibility index (Phi) is 6.05. The smallest absolute Gasteiger partial charge is 0.323 e. The summed E-state index contributed by atoms with van der Waals surface area (Å²) in [5.41, 5.74) is 2.31. The summed E-state index contributed by atoms with van der Waals surface area (Å²) in [6, 6.07) is -0.172. The van der Waals surface area contributed by atoms with Crippen LogP contribution in [0.3, 0.4) is 0 Å². The number of aliphatic hydroxyl groups is 1. The van der Waals surface area contributed by atoms with E-state index in [1.165, 1.54) is 7.11 Å². The standard InChI is InChI=1S/C9H18N6O3/c1-3-18-9-13-7(12-8(14-9)15-10)11-6(4-16)5-17-2/h6,16H,3-5,10H2,1-2H3,(H2,11,12,13,14,15). The fourth-order valence-electron chi connectivity index (χ4n) is 1.20. The molecule has 1 unspecified atom stereocenters. The van der Waals surface area contributed by atoms with E-state index in [0.29, 0.717) is 13.2 Å². The average Bonchev–Trinajstić information content (AvgIpc) is 2.38. The minimum Gasteiger partial charge on any atom is -0.464 e. The van der Waals surface area contributed by atoms with Gasteiger partial charge in [0.2, 0.25) is 11.9 Å². The van der Waals surface area contributed by atoms with Crippen molar-refractivity contribution in [2.75, 3.05) is 37.7 Å². The third kappa shape index (κ3) is 4.28. The first-order valence-corrected chi connectivity index (χ1v) is 5.45. The molecule has 0 bridgehead atoms. The molecule has 1 aromatic rings. The van der Waals surface area contributed by atoms with Gasteiger partial charge in [-0.1, -0.05) is 0 Å². The van der Waals surface area contributed by atoms with Crippen molar-refractivity contribution in [3.8, 4) is 6.01 Å². The Labute approximate surface area is 105 Å². The molecule has 1 aromatic heterocycles. The molecule has 1 atom stereocenters. The maximum absolute atomic E-state index is 9.13. The quantitative estimate of drug-likeness (QED) is 0.342. The number of hydrogen-bond donors (Lipinski definition) is 4. The lowest BCUT2D eigenvalue weighted by Crippen LogP contribution is -2.30. The molecular formula is C9H18N6O3. The lowest BCUT2D eigenvalue weighted by Gasteiger charge is -2.15. The first-order chi connectivity index (χ1) is 8.73. The van der Waals surface area contributed by atoms with Gasteiger partial charge in [0.1, 0.15) is 0 Å². The number of aliphatic hydroxyl groups excluding tert-OH is 1. The van der Waals surface area contributed by atoms with E-state index in [1.807, 2.05) is 6.92 Å². The molecule has 0 amide bonds. The molecule has 0 spiro atoms. The molecule has 18 heavy (non-hydrogen) atoms. The zero-order chi connectivity index (χ0) is 13.4. The average molecular weight is 258 g/mol. The fourth-order valence-corrected chi connectivity index (χ4v) is 1.20. The van der Waals surface area contributed by atoms with Gasteiger partial charge in [0.15, 0.2) is 0 Å². The summed E-state index contributed by atoms with van der Waals surface area (Å²) in [6.07, 6.45) is 0. The third-order valence-electron chi connectivity index (χ3n) is 1.94. The Balaban J connectivity index is 2.82. The molecule has 9 nitrogen and oxygen atoms in total. The van der Waals surface area contributed by atoms with Crippen LogP contribution in [0.5, 0.6) is 6.01 Å². The van der Waals surface area contributed by atoms with Gasteiger partial charge in [-0.05, 0) is 6.92 Å². The predicted molar refractivity (Wildman–Crippen MR) is 65.2 cm³/mol. The largest absolute Gasteiger partial charge is 0.464 e. The highest BCUT2D eigenvalue weighted by Gasteiger charge is 2.11. The van der Waals surface area contributed by atoms with Gasteiger partial charge in [-0.2, -0.15) is 15.0 Å². The zero-order valence-electron chi connectivity index (χ0n) is 10.4. The number of aromatic nitrogens is 3. The van der Waals surface area contributed by atoms with Crippen LogP contribution < -0.4 is 21.3 Å². The number of nitrogens with one attached hydrogen (secondary N) is 2. The van der Waals surface area contributed by atoms with E-state index < -0.39 is 0 Å². The molecule has 0 fully saturated rings. The van der Waals surface area contributed by atoms with E-state index in [0.717, 1.165) is 0 Å². The topological polar surface area (TPSA) is 127 Å². The number of anilines is 2. The second-order valence-electron chi connectivity index (χ2n) is 3.32. The first kappa shape index (κ1) is 14.4. The number of nitrogens with two attached hydrogens (primary N) is 1. The summed E-state index contributed by atoms with van der Waals surface area (Å²) in [6.45, 7) is 2.44. The van der Waals surface area contributed by atoms with Gasteiger partial charge >= 0.3 is 6.01 Å². The molecule has 0 aliphatic carbocycles. The molecule has 5 N–H and O–H groups in total. The SMILES string of the molecule is CCOc1nc(NN)nc(NC(CO)COC)n1. The second kappa shape index (κ2) is 7.58. The van der Waals surface area contributed by atoms with E-state index in [1.54, 1.807) is 0 Å². The minimum atomic E-state index is -0.322. The fraction of sp³-hybridized carbons (Fsp3) is 0.667. The van der Waals surface area contributed by atoms with Crippen molar-refractivity contribution >= 4 is 11.9 Å². The second-order valence-corrected chi connectivity index (χ2v) is 3.32. The first-order valence-electron chi connectivity index (χ1n) is 5.45. The Morgan fingerprint density at radius 2 is 2.06 bits per heavy atom. The van der Waals surface area contributed by atoms with E-state index in [2.05, 4.69) is 25.7 Å². The van der Waals surface area contributed by atoms with E-state index >= 15 is 0 Å². The summed E-state index contributed by atoms with van der Waals surface area (Å²) < 4.78 is 10.1. The van der Waals surface area contributed by atoms with Crippen molar-refractivity contribution in [1.82, 2.24) is 15.0 Å². The third-order valence-corrected chi connectivity index (χ3v) is 1.94. The number of nitrogens with zero attached hydrogens (tertiary/aromatic N) is 3. The maximum Gasteiger partial charge on any atom is 0.323 e. The number of hydrogen-bond acceptors (Lipinski definition) is 9. The van der Waals surface area contributed by atoms with Gasteiger partial charge in [-0.15, -0.1) is 0 Å². The summed E-state index contributed by atoms with van der Waals surface area (Å²) in [7, 11) is 1.54. The molecule has 1 heterocycles. The van der Waals surface area contributed by atoms with Crippen LogP contribution in [-0.4, -0.2) is 53.0 Å². The Morgan fingerprint density at radius 3 is 2.61 bits per heavy atom. The number of rotatable bonds is 8. The summed E-state index contributed by atoms with van der Waals surface area (Å²) in [5, 5.41) is 12.0. The Bertz CT molecular complexity index is 364. The predicted octanol–water partition coefficient (Wildman–Crippen LogP) is -1.02. The highest BCUT2D eigenvalue weighted by atomic mass is 16.5. The number of hydrazine groups is 1. The number of ether oxygens (including phenoxy) is 2. The van der Waals surface area contributed by atoms with Crippen LogP contribution >= 0.6 is 0 Å². The van der Waals surface area contributed by atoms with Crippen LogP contribution in [0.4, 0.5) is 11.9 Å². The Morgan fingerprint density at radius 1 is 1.33 bits per heavy atom. The molecule has 0 aliphatic rings. The molecule has 0 saturated heterocycles. The normalized spacial score (nSPS) is 12.0. The van der Waals surface area contributed by atoms with E-state index in [4.69, 9.17) is 20.4 Å². The van der Waals surface area contributed by atoms with Crippen LogP contribution in [0.15, 0.2) is 0 Å². The van der Waals surface area contributed by atoms with E-state index in [-0.39, 0.29) is 30.6 Å². The Hall–Kier alpha value is -1.71. The van der Waals surface area contributed by atoms with Crippen LogP contribution in [0, 0.1) is 0 Å². The molecule has 0 radical (unpaired) electrons. The minimum absolute atomic E-state index is 0.116. The summed E-state index contributed by atoms with van der Waals surface area (Å²) in [5.74, 6) is 5.66. The van der Waals surface area contributed by atoms with Crippen LogP contribution in [-0.2, 0) is 4.74 Å². The highest BCUT2D eigenvalue weighted by Crippen LogP contribution is 2.11. The maximum atomic E-state index is 9.13. The molecular weight excluding hydrogens is 240 g/mol. The van der Waals surface area contributed by atoms with Gasteiger partial charge in [-0.25, -0.2) is 5.84 Å². The molecule has 1 rings (SSSR count). The summed E-state index contributed by atoms with van der Waals surface area (Å²) in [4.78, 5) is 11.9. The molecule has 9 heteroatoms. The van der Waals surface area contributed by atoms with Crippen LogP contribution in [0.2, 0.25) is 0 Å². The molecule has 0 aromatic carbocycles. The number of methoxy groups -OCH3 is 1. The molecule has 0 saturated carbocycles. The van der Waals surface area contributed by atoms with Crippen molar-refractivity contribution in [2.24, 2.45) is 5.84 Å². The van der Waals surface area contributed by atoms with Crippen LogP contribution in [0.25, 0.3) is 0 Å². The zero-order valence-corrected chi connectivity index (χ0v) is 10.4. The van der Waals surface area contributed by atoms with Crippen LogP contribution in [0.1, 0.15) is 6.92 Å². The van der Waals surface area contributed by atoms with Gasteiger partial charge in [0.25, 0.3) is 0 Å². The van der Waals surface area contributed by atoms with Gasteiger partial charge < -0.3 is 19.9 Å². The number of nitrogen functional groups attached to an aromatic ring is 1. The van der Waals surface area contributed by atoms with Crippen molar-refractivity contribution < 1.29 is 14.6 Å². The molecule has 102 valence electrons. The van der Waals surface area contributed by atoms with Crippen molar-refractivity contribution in [2.45, 2.75) is 13.0 Å². The summed E-state index contributed by atoms with van der Waals surface area (Å²) >= 11 is 0. The lowest BCUT2D eigenvalue weighted by atomic mass is 10.3. The van der Waals surface area contributed by atoms with Crippen molar-refractivity contribution in [3.05, 3.63) is 0 Å². The molecule has 0 aliphatic heterocycles. The van der Waals surface area contributed by atoms with Gasteiger partial charge in [0.05, 0.1) is 25.9 Å². The van der Waals surface area contributed by atoms with Gasteiger partial charge in [-0.3, -0.25) is 5.43 Å². The highest BCUT2D eigenvalue weighted by molar-refractivity contribution is 5.35. The lowest BCUT2D eigenvalue weighted by molar-refractivity contribution is 0.153. The monoisotopic (exact) mass is 258 g/mol. The van der Waals surface area contributed by atoms with E-state index in [9.17, 15) is 0 Å². The van der Waals surface area contributed by atoms with Gasteiger partial charge in [0, 0.05) is 7.11 Å².